The predicted molar refractivity (Wildman–Crippen MR) is 159 cm³/mol. The van der Waals surface area contributed by atoms with Gasteiger partial charge in [-0.3, -0.25) is 6.08 Å². The van der Waals surface area contributed by atoms with Crippen LogP contribution in [-0.4, -0.2) is 9.52 Å². The van der Waals surface area contributed by atoms with Crippen molar-refractivity contribution in [3.8, 4) is 0 Å². The van der Waals surface area contributed by atoms with E-state index in [2.05, 4.69) is 158 Å². The Labute approximate surface area is 242 Å². The van der Waals surface area contributed by atoms with E-state index < -0.39 is 0 Å². The van der Waals surface area contributed by atoms with Gasteiger partial charge in [-0.1, -0.05) is 83.2 Å². The van der Waals surface area contributed by atoms with E-state index in [4.69, 9.17) is 0 Å². The minimum Gasteiger partial charge on any atom is -0.273 e. The molecule has 0 N–H and O–H groups in total. The number of rotatable bonds is 2. The van der Waals surface area contributed by atoms with Crippen LogP contribution in [0.25, 0.3) is 21.5 Å². The molecule has 0 nitrogen and oxygen atoms in total. The summed E-state index contributed by atoms with van der Waals surface area (Å²) in [5.74, 6) is 0. The number of allylic oxidation sites excluding steroid dienone is 4. The van der Waals surface area contributed by atoms with Gasteiger partial charge in [0.05, 0.1) is 0 Å². The van der Waals surface area contributed by atoms with Gasteiger partial charge < -0.3 is 0 Å². The Balaban J connectivity index is 0.000000142. The summed E-state index contributed by atoms with van der Waals surface area (Å²) in [6.07, 6.45) is 10.0. The van der Waals surface area contributed by atoms with Crippen molar-refractivity contribution >= 4 is 41.4 Å². The Kier molecular flexibility index (Phi) is 12.5. The molecule has 1 aliphatic carbocycles. The molecule has 0 bridgehead atoms. The molecular weight excluding hydrogens is 627 g/mol. The largest absolute Gasteiger partial charge is 0.273 e. The maximum Gasteiger partial charge on any atom is 0.121 e. The molecule has 0 atom stereocenters. The van der Waals surface area contributed by atoms with Crippen molar-refractivity contribution < 1.29 is 25.8 Å². The van der Waals surface area contributed by atoms with Gasteiger partial charge in [-0.15, -0.1) is 65.7 Å². The zero-order chi connectivity index (χ0) is 24.7. The summed E-state index contributed by atoms with van der Waals surface area (Å²) in [7, 11) is 0.777. The third-order valence-corrected chi connectivity index (χ3v) is 6.76. The fraction of sp³-hybridized carbons (Fsp3) is 0.0286. The summed E-state index contributed by atoms with van der Waals surface area (Å²) in [5.41, 5.74) is 0. The number of hydrogen-bond donors (Lipinski definition) is 0. The predicted octanol–water partition coefficient (Wildman–Crippen LogP) is 7.76. The van der Waals surface area contributed by atoms with E-state index in [0.29, 0.717) is 0 Å². The minimum absolute atomic E-state index is 0. The molecule has 0 saturated carbocycles. The first-order valence-electron chi connectivity index (χ1n) is 12.2. The van der Waals surface area contributed by atoms with E-state index in [0.717, 1.165) is 15.9 Å². The van der Waals surface area contributed by atoms with Gasteiger partial charge in [-0.25, -0.2) is 12.2 Å². The van der Waals surface area contributed by atoms with Crippen LogP contribution in [0, 0.1) is 6.08 Å². The van der Waals surface area contributed by atoms with Gasteiger partial charge in [0.15, 0.2) is 0 Å². The first-order chi connectivity index (χ1) is 17.9. The van der Waals surface area contributed by atoms with Gasteiger partial charge in [0.25, 0.3) is 0 Å². The first-order valence-corrected chi connectivity index (χ1v) is 13.2. The summed E-state index contributed by atoms with van der Waals surface area (Å²) in [6, 6.07) is 50.5. The van der Waals surface area contributed by atoms with E-state index in [1.54, 1.807) is 0 Å². The molecule has 0 unspecified atom stereocenters. The molecule has 0 spiro atoms. The van der Waals surface area contributed by atoms with Gasteiger partial charge in [0, 0.05) is 25.8 Å². The molecule has 6 aromatic rings. The second-order valence-electron chi connectivity index (χ2n) is 8.17. The quantitative estimate of drug-likeness (QED) is 0.132. The van der Waals surface area contributed by atoms with E-state index in [1.165, 1.54) is 31.9 Å². The van der Waals surface area contributed by atoms with Crippen LogP contribution >= 0.6 is 0 Å². The van der Waals surface area contributed by atoms with E-state index >= 15 is 0 Å². The molecule has 0 aliphatic heterocycles. The van der Waals surface area contributed by atoms with Crippen molar-refractivity contribution in [2.45, 2.75) is 6.42 Å². The Morgan fingerprint density at radius 1 is 0.541 bits per heavy atom. The van der Waals surface area contributed by atoms with Crippen molar-refractivity contribution in [1.29, 1.82) is 0 Å². The smallest absolute Gasteiger partial charge is 0.121 e. The van der Waals surface area contributed by atoms with Crippen LogP contribution in [0.3, 0.4) is 0 Å². The van der Waals surface area contributed by atoms with Gasteiger partial charge >= 0.3 is 0 Å². The molecular formula is C35H29HfSi-3. The molecule has 0 fully saturated rings. The molecule has 0 heterocycles. The van der Waals surface area contributed by atoms with Crippen LogP contribution in [0.5, 0.6) is 0 Å². The SMILES string of the molecule is [C-]1=CC=CC1.[Hf].c1ccc([Si]c2ccccc2)cc1.c1ccc2[cH-]ccc2c1.c1ccc2[cH-]ccc2c1. The summed E-state index contributed by atoms with van der Waals surface area (Å²) < 4.78 is 0. The van der Waals surface area contributed by atoms with Gasteiger partial charge in [0.1, 0.15) is 9.52 Å². The van der Waals surface area contributed by atoms with Gasteiger partial charge in [0.2, 0.25) is 0 Å². The number of hydrogen-bond acceptors (Lipinski definition) is 0. The summed E-state index contributed by atoms with van der Waals surface area (Å²) in [6.45, 7) is 0. The molecule has 2 heteroatoms. The summed E-state index contributed by atoms with van der Waals surface area (Å²) in [5, 5.41) is 8.12. The third kappa shape index (κ3) is 9.91. The number of benzene rings is 4. The maximum absolute atomic E-state index is 2.99. The average molecular weight is 656 g/mol. The molecule has 0 saturated heterocycles. The molecule has 6 aromatic carbocycles. The third-order valence-electron chi connectivity index (χ3n) is 5.52. The van der Waals surface area contributed by atoms with Crippen molar-refractivity contribution in [2.24, 2.45) is 0 Å². The monoisotopic (exact) mass is 657 g/mol. The van der Waals surface area contributed by atoms with E-state index in [1.807, 2.05) is 12.2 Å². The Hall–Kier alpha value is -3.33. The van der Waals surface area contributed by atoms with E-state index in [-0.39, 0.29) is 25.8 Å². The Bertz CT molecular complexity index is 1300. The van der Waals surface area contributed by atoms with Crippen LogP contribution in [0.1, 0.15) is 6.42 Å². The van der Waals surface area contributed by atoms with Crippen LogP contribution in [0.4, 0.5) is 0 Å². The van der Waals surface area contributed by atoms with Crippen molar-refractivity contribution in [3.63, 3.8) is 0 Å². The van der Waals surface area contributed by atoms with Gasteiger partial charge in [-0.05, 0) is 0 Å². The normalized spacial score (nSPS) is 10.8. The zero-order valence-electron chi connectivity index (χ0n) is 20.8. The van der Waals surface area contributed by atoms with E-state index in [9.17, 15) is 0 Å². The van der Waals surface area contributed by atoms with Crippen LogP contribution in [0.15, 0.2) is 164 Å². The number of fused-ring (bicyclic) bond motifs is 2. The molecule has 1 aliphatic rings. The average Bonchev–Trinajstić information content (AvgIpc) is 3.74. The summed E-state index contributed by atoms with van der Waals surface area (Å²) >= 11 is 0. The van der Waals surface area contributed by atoms with Gasteiger partial charge in [-0.2, -0.15) is 41.1 Å². The topological polar surface area (TPSA) is 0 Å². The van der Waals surface area contributed by atoms with Crippen molar-refractivity contribution in [2.75, 3.05) is 0 Å². The molecule has 2 radical (unpaired) electrons. The zero-order valence-corrected chi connectivity index (χ0v) is 25.4. The Morgan fingerprint density at radius 2 is 1.00 bits per heavy atom. The fourth-order valence-electron chi connectivity index (χ4n) is 3.69. The first kappa shape index (κ1) is 28.2. The second kappa shape index (κ2) is 16.4. The molecule has 0 aromatic heterocycles. The molecule has 7 rings (SSSR count). The van der Waals surface area contributed by atoms with Crippen LogP contribution < -0.4 is 10.4 Å². The molecule has 180 valence electrons. The molecule has 0 amide bonds. The van der Waals surface area contributed by atoms with Crippen LogP contribution in [-0.2, 0) is 25.8 Å². The second-order valence-corrected chi connectivity index (χ2v) is 9.57. The summed E-state index contributed by atoms with van der Waals surface area (Å²) in [4.78, 5) is 0. The van der Waals surface area contributed by atoms with Crippen molar-refractivity contribution in [3.05, 3.63) is 170 Å². The fourth-order valence-corrected chi connectivity index (χ4v) is 4.74. The molecule has 37 heavy (non-hydrogen) atoms. The van der Waals surface area contributed by atoms with Crippen LogP contribution in [0.2, 0.25) is 0 Å². The van der Waals surface area contributed by atoms with Crippen molar-refractivity contribution in [1.82, 2.24) is 0 Å². The minimum atomic E-state index is 0. The maximum atomic E-state index is 2.99. The Morgan fingerprint density at radius 3 is 1.38 bits per heavy atom. The standard InChI is InChI=1S/C12H10Si.2C9H7.C5H5.Hf/c1-3-7-11(8-4-1)13-12-9-5-2-6-10-12;2*1-2-5-9-7-3-6-8(9)4-1;1-2-4-5-3-1;/h1-10H;2*1-7H;1-3H,4H2;/q;3*-1;.